The molecule has 6 amide bonds. The van der Waals surface area contributed by atoms with E-state index in [1.165, 1.54) is 0 Å². The Morgan fingerprint density at radius 1 is 0.907 bits per heavy atom. The summed E-state index contributed by atoms with van der Waals surface area (Å²) in [7, 11) is 0. The van der Waals surface area contributed by atoms with Crippen molar-refractivity contribution in [3.63, 3.8) is 0 Å². The van der Waals surface area contributed by atoms with Crippen molar-refractivity contribution in [2.75, 3.05) is 26.2 Å². The van der Waals surface area contributed by atoms with E-state index in [1.54, 1.807) is 21.6 Å². The standard InChI is InChI=1S/C23H31N3O2.C21H29N3O2/c1-4-7-12-18(6-3)15-20-17-26(23(28)25-20)21(11-5-2)22(27)24-16-19-13-9-8-10-14-19;1-4-9-18(10-5-2)15-22-20(25)17(3)24-14-13-23(21(24)26)16-19-11-7-6-8-12-19/h4,6-10,12-14,20-21H,3,5,11,15-17H2,1-2H3,(H,24,27)(H,25,28);4,6-12,17H,5,13-16H2,1-3H3,(H,22,25)/b7-4-,18-12+;9-4-,18-10+. The summed E-state index contributed by atoms with van der Waals surface area (Å²) in [6, 6.07) is 18.5. The normalized spacial score (nSPS) is 17.4. The van der Waals surface area contributed by atoms with E-state index in [2.05, 4.69) is 35.5 Å². The average molecular weight is 737 g/mol. The van der Waals surface area contributed by atoms with Gasteiger partial charge in [-0.05, 0) is 62.3 Å². The van der Waals surface area contributed by atoms with Gasteiger partial charge in [-0.3, -0.25) is 9.59 Å². The van der Waals surface area contributed by atoms with Gasteiger partial charge in [0.05, 0.1) is 6.04 Å². The van der Waals surface area contributed by atoms with Gasteiger partial charge in [0.2, 0.25) is 11.8 Å². The number of carbonyl (C=O) groups is 4. The van der Waals surface area contributed by atoms with Crippen molar-refractivity contribution >= 4 is 23.9 Å². The van der Waals surface area contributed by atoms with Gasteiger partial charge in [0.15, 0.2) is 0 Å². The predicted octanol–water partition coefficient (Wildman–Crippen LogP) is 7.29. The van der Waals surface area contributed by atoms with Crippen LogP contribution in [-0.2, 0) is 22.7 Å². The summed E-state index contributed by atoms with van der Waals surface area (Å²) in [5, 5.41) is 8.93. The van der Waals surface area contributed by atoms with Crippen LogP contribution in [0.4, 0.5) is 9.59 Å². The van der Waals surface area contributed by atoms with E-state index in [1.807, 2.05) is 118 Å². The van der Waals surface area contributed by atoms with Crippen LogP contribution in [0.2, 0.25) is 0 Å². The molecular formula is C44H60N6O4. The lowest BCUT2D eigenvalue weighted by molar-refractivity contribution is -0.126. The number of nitrogens with zero attached hydrogens (tertiary/aromatic N) is 3. The first kappa shape index (κ1) is 43.0. The van der Waals surface area contributed by atoms with Gasteiger partial charge >= 0.3 is 12.1 Å². The Bertz CT molecular complexity index is 1630. The van der Waals surface area contributed by atoms with Crippen LogP contribution in [0, 0.1) is 0 Å². The smallest absolute Gasteiger partial charge is 0.321 e. The second kappa shape index (κ2) is 23.3. The quantitative estimate of drug-likeness (QED) is 0.140. The SMILES string of the molecule is C/C=C\C(=C/CC)CNC(=O)C(C)N1CCN(Cc2ccccc2)C1=O.C=C/C(=C\C=C/C)CC1CN(C(CCC)C(=O)NCc2ccccc2)C(=O)N1. The number of hydrogen-bond acceptors (Lipinski definition) is 4. The number of carbonyl (C=O) groups excluding carboxylic acids is 4. The third-order valence-corrected chi connectivity index (χ3v) is 9.31. The first-order chi connectivity index (χ1) is 26.1. The molecule has 4 rings (SSSR count). The van der Waals surface area contributed by atoms with Crippen LogP contribution in [-0.4, -0.2) is 82.9 Å². The Balaban J connectivity index is 0.000000291. The number of nitrogens with one attached hydrogen (secondary N) is 3. The molecule has 0 bridgehead atoms. The molecule has 3 unspecified atom stereocenters. The average Bonchev–Trinajstić information content (AvgIpc) is 3.74. The van der Waals surface area contributed by atoms with Crippen LogP contribution in [0.25, 0.3) is 0 Å². The summed E-state index contributed by atoms with van der Waals surface area (Å²) in [4.78, 5) is 55.6. The van der Waals surface area contributed by atoms with Crippen LogP contribution >= 0.6 is 0 Å². The maximum atomic E-state index is 12.8. The van der Waals surface area contributed by atoms with Gasteiger partial charge in [0, 0.05) is 39.3 Å². The van der Waals surface area contributed by atoms with Crippen LogP contribution in [0.5, 0.6) is 0 Å². The third-order valence-electron chi connectivity index (χ3n) is 9.31. The van der Waals surface area contributed by atoms with Crippen LogP contribution in [0.15, 0.2) is 121 Å². The van der Waals surface area contributed by atoms with Crippen molar-refractivity contribution in [2.45, 2.75) is 91.5 Å². The van der Waals surface area contributed by atoms with Crippen molar-refractivity contribution in [3.8, 4) is 0 Å². The van der Waals surface area contributed by atoms with Gasteiger partial charge in [-0.1, -0.05) is 130 Å². The molecule has 2 aromatic rings. The summed E-state index contributed by atoms with van der Waals surface area (Å²) in [5.41, 5.74) is 4.28. The molecule has 2 heterocycles. The van der Waals surface area contributed by atoms with E-state index in [0.29, 0.717) is 52.1 Å². The fourth-order valence-electron chi connectivity index (χ4n) is 6.40. The molecule has 0 saturated carbocycles. The highest BCUT2D eigenvalue weighted by molar-refractivity contribution is 5.88. The topological polar surface area (TPSA) is 114 Å². The lowest BCUT2D eigenvalue weighted by Crippen LogP contribution is -2.48. The maximum absolute atomic E-state index is 12.8. The van der Waals surface area contributed by atoms with Crippen molar-refractivity contribution in [1.82, 2.24) is 30.7 Å². The summed E-state index contributed by atoms with van der Waals surface area (Å²) >= 11 is 0. The van der Waals surface area contributed by atoms with Crippen molar-refractivity contribution in [1.29, 1.82) is 0 Å². The minimum atomic E-state index is -0.475. The molecule has 2 aliphatic heterocycles. The second-order valence-corrected chi connectivity index (χ2v) is 13.4. The van der Waals surface area contributed by atoms with Crippen molar-refractivity contribution in [2.24, 2.45) is 0 Å². The number of allylic oxidation sites excluding steroid dienone is 6. The summed E-state index contributed by atoms with van der Waals surface area (Å²) < 4.78 is 0. The Hall–Kier alpha value is -5.38. The molecule has 0 radical (unpaired) electrons. The summed E-state index contributed by atoms with van der Waals surface area (Å²) in [6.45, 7) is 16.9. The second-order valence-electron chi connectivity index (χ2n) is 13.4. The molecule has 2 aliphatic rings. The number of benzene rings is 2. The van der Waals surface area contributed by atoms with Gasteiger partial charge < -0.3 is 30.7 Å². The van der Waals surface area contributed by atoms with Gasteiger partial charge in [0.1, 0.15) is 12.1 Å². The third kappa shape index (κ3) is 13.5. The highest BCUT2D eigenvalue weighted by atomic mass is 16.2. The van der Waals surface area contributed by atoms with Gasteiger partial charge in [-0.2, -0.15) is 0 Å². The fourth-order valence-corrected chi connectivity index (χ4v) is 6.40. The maximum Gasteiger partial charge on any atom is 0.321 e. The first-order valence-corrected chi connectivity index (χ1v) is 19.2. The van der Waals surface area contributed by atoms with Crippen LogP contribution < -0.4 is 16.0 Å². The van der Waals surface area contributed by atoms with E-state index in [0.717, 1.165) is 35.1 Å². The molecular weight excluding hydrogens is 677 g/mol. The predicted molar refractivity (Wildman–Crippen MR) is 218 cm³/mol. The van der Waals surface area contributed by atoms with Gasteiger partial charge in [0.25, 0.3) is 0 Å². The van der Waals surface area contributed by atoms with Crippen molar-refractivity contribution < 1.29 is 19.2 Å². The van der Waals surface area contributed by atoms with Crippen LogP contribution in [0.3, 0.4) is 0 Å². The lowest BCUT2D eigenvalue weighted by Gasteiger charge is -2.26. The molecule has 10 heteroatoms. The minimum absolute atomic E-state index is 0.0247. The summed E-state index contributed by atoms with van der Waals surface area (Å²) in [5.74, 6) is -0.221. The molecule has 2 fully saturated rings. The highest BCUT2D eigenvalue weighted by Gasteiger charge is 2.37. The monoisotopic (exact) mass is 736 g/mol. The number of rotatable bonds is 18. The van der Waals surface area contributed by atoms with E-state index < -0.39 is 12.1 Å². The van der Waals surface area contributed by atoms with E-state index in [9.17, 15) is 19.2 Å². The molecule has 0 spiro atoms. The lowest BCUT2D eigenvalue weighted by atomic mass is 10.0. The van der Waals surface area contributed by atoms with Gasteiger partial charge in [-0.15, -0.1) is 0 Å². The van der Waals surface area contributed by atoms with Crippen LogP contribution in [0.1, 0.15) is 71.4 Å². The first-order valence-electron chi connectivity index (χ1n) is 19.2. The number of urea groups is 2. The van der Waals surface area contributed by atoms with Gasteiger partial charge in [-0.25, -0.2) is 9.59 Å². The Kier molecular flexibility index (Phi) is 18.6. The van der Waals surface area contributed by atoms with E-state index >= 15 is 0 Å². The molecule has 0 aromatic heterocycles. The molecule has 0 aliphatic carbocycles. The molecule has 3 N–H and O–H groups in total. The molecule has 2 aromatic carbocycles. The molecule has 2 saturated heterocycles. The summed E-state index contributed by atoms with van der Waals surface area (Å²) in [6.07, 6.45) is 16.9. The van der Waals surface area contributed by atoms with E-state index in [-0.39, 0.29) is 29.9 Å². The zero-order valence-corrected chi connectivity index (χ0v) is 32.8. The zero-order valence-electron chi connectivity index (χ0n) is 32.8. The molecule has 10 nitrogen and oxygen atoms in total. The van der Waals surface area contributed by atoms with Crippen molar-refractivity contribution in [3.05, 3.63) is 132 Å². The minimum Gasteiger partial charge on any atom is -0.350 e. The number of hydrogen-bond donors (Lipinski definition) is 3. The highest BCUT2D eigenvalue weighted by Crippen LogP contribution is 2.19. The molecule has 3 atom stereocenters. The Labute approximate surface area is 322 Å². The van der Waals surface area contributed by atoms with E-state index in [4.69, 9.17) is 0 Å². The molecule has 290 valence electrons. The fraction of sp³-hybridized carbons (Fsp3) is 0.409. The largest absolute Gasteiger partial charge is 0.350 e. The number of amides is 6. The Morgan fingerprint density at radius 2 is 1.59 bits per heavy atom. The molecule has 54 heavy (non-hydrogen) atoms. The Morgan fingerprint density at radius 3 is 2.20 bits per heavy atom. The zero-order chi connectivity index (χ0) is 39.3.